The number of hydrogen-bond acceptors (Lipinski definition) is 3. The Morgan fingerprint density at radius 2 is 2.05 bits per heavy atom. The van der Waals surface area contributed by atoms with Crippen LogP contribution < -0.4 is 4.72 Å². The van der Waals surface area contributed by atoms with Gasteiger partial charge in [-0.15, -0.1) is 0 Å². The highest BCUT2D eigenvalue weighted by molar-refractivity contribution is 7.89. The van der Waals surface area contributed by atoms with Crippen molar-refractivity contribution in [2.75, 3.05) is 19.8 Å². The maximum Gasteiger partial charge on any atom is 0.242 e. The van der Waals surface area contributed by atoms with Gasteiger partial charge in [-0.25, -0.2) is 13.1 Å². The van der Waals surface area contributed by atoms with E-state index in [0.717, 1.165) is 12.5 Å². The van der Waals surface area contributed by atoms with E-state index in [1.165, 1.54) is 25.0 Å². The number of hydrogen-bond donors (Lipinski definition) is 1. The van der Waals surface area contributed by atoms with E-state index in [-0.39, 0.29) is 9.92 Å². The molecule has 2 rings (SSSR count). The molecule has 1 aliphatic carbocycles. The maximum atomic E-state index is 12.1. The predicted octanol–water partition coefficient (Wildman–Crippen LogP) is 3.09. The lowest BCUT2D eigenvalue weighted by Crippen LogP contribution is -2.26. The molecule has 0 aliphatic heterocycles. The molecule has 112 valence electrons. The Labute approximate surface area is 129 Å². The molecule has 20 heavy (non-hydrogen) atoms. The van der Waals surface area contributed by atoms with Crippen LogP contribution in [-0.4, -0.2) is 28.2 Å². The number of ether oxygens (including phenoxy) is 1. The Bertz CT molecular complexity index is 559. The summed E-state index contributed by atoms with van der Waals surface area (Å²) < 4.78 is 32.1. The topological polar surface area (TPSA) is 55.4 Å². The van der Waals surface area contributed by atoms with Crippen molar-refractivity contribution in [3.8, 4) is 0 Å². The van der Waals surface area contributed by atoms with Crippen LogP contribution in [0.3, 0.4) is 0 Å². The highest BCUT2D eigenvalue weighted by Gasteiger charge is 2.21. The minimum Gasteiger partial charge on any atom is -0.381 e. The molecule has 0 spiro atoms. The molecular formula is C13H17Cl2NO3S. The lowest BCUT2D eigenvalue weighted by atomic mass is 10.4. The van der Waals surface area contributed by atoms with Crippen molar-refractivity contribution in [2.45, 2.75) is 24.2 Å². The average molecular weight is 338 g/mol. The van der Waals surface area contributed by atoms with E-state index in [2.05, 4.69) is 4.72 Å². The van der Waals surface area contributed by atoms with E-state index in [1.54, 1.807) is 6.07 Å². The van der Waals surface area contributed by atoms with Crippen molar-refractivity contribution in [1.29, 1.82) is 0 Å². The van der Waals surface area contributed by atoms with Gasteiger partial charge < -0.3 is 4.74 Å². The van der Waals surface area contributed by atoms with Gasteiger partial charge in [0.15, 0.2) is 0 Å². The van der Waals surface area contributed by atoms with Gasteiger partial charge >= 0.3 is 0 Å². The van der Waals surface area contributed by atoms with E-state index in [9.17, 15) is 8.42 Å². The number of rotatable bonds is 8. The predicted molar refractivity (Wildman–Crippen MR) is 79.8 cm³/mol. The lowest BCUT2D eigenvalue weighted by molar-refractivity contribution is 0.123. The first-order chi connectivity index (χ1) is 9.49. The smallest absolute Gasteiger partial charge is 0.242 e. The molecule has 4 nitrogen and oxygen atoms in total. The van der Waals surface area contributed by atoms with Crippen LogP contribution in [0.2, 0.25) is 10.0 Å². The largest absolute Gasteiger partial charge is 0.381 e. The first-order valence-electron chi connectivity index (χ1n) is 6.51. The van der Waals surface area contributed by atoms with Gasteiger partial charge in [-0.3, -0.25) is 0 Å². The van der Waals surface area contributed by atoms with Gasteiger partial charge in [-0.05, 0) is 43.4 Å². The van der Waals surface area contributed by atoms with Crippen molar-refractivity contribution < 1.29 is 13.2 Å². The summed E-state index contributed by atoms with van der Waals surface area (Å²) in [5, 5.41) is 0.495. The molecule has 1 N–H and O–H groups in total. The number of sulfonamides is 1. The standard InChI is InChI=1S/C13H17Cl2NO3S/c14-11-4-5-12(15)13(8-11)20(17,18)16-6-1-7-19-9-10-2-3-10/h4-5,8,10,16H,1-3,6-7,9H2. The van der Waals surface area contributed by atoms with E-state index >= 15 is 0 Å². The van der Waals surface area contributed by atoms with Crippen molar-refractivity contribution in [1.82, 2.24) is 4.72 Å². The second-order valence-electron chi connectivity index (χ2n) is 4.84. The van der Waals surface area contributed by atoms with Crippen LogP contribution >= 0.6 is 23.2 Å². The molecule has 1 aromatic rings. The normalized spacial score (nSPS) is 15.5. The van der Waals surface area contributed by atoms with Crippen molar-refractivity contribution in [3.63, 3.8) is 0 Å². The molecular weight excluding hydrogens is 321 g/mol. The van der Waals surface area contributed by atoms with Gasteiger partial charge in [0.1, 0.15) is 4.90 Å². The van der Waals surface area contributed by atoms with E-state index in [4.69, 9.17) is 27.9 Å². The molecule has 1 fully saturated rings. The van der Waals surface area contributed by atoms with Crippen LogP contribution in [0.1, 0.15) is 19.3 Å². The summed E-state index contributed by atoms with van der Waals surface area (Å²) in [7, 11) is -3.63. The van der Waals surface area contributed by atoms with Gasteiger partial charge in [0.05, 0.1) is 5.02 Å². The van der Waals surface area contributed by atoms with Crippen LogP contribution in [0.5, 0.6) is 0 Å². The summed E-state index contributed by atoms with van der Waals surface area (Å²) in [5.74, 6) is 0.719. The molecule has 1 aliphatic rings. The molecule has 0 radical (unpaired) electrons. The third-order valence-corrected chi connectivity index (χ3v) is 5.17. The average Bonchev–Trinajstić information content (AvgIpc) is 3.20. The van der Waals surface area contributed by atoms with Crippen molar-refractivity contribution in [3.05, 3.63) is 28.2 Å². The Hall–Kier alpha value is -0.330. The van der Waals surface area contributed by atoms with Gasteiger partial charge in [0.2, 0.25) is 10.0 Å². The Balaban J connectivity index is 1.79. The van der Waals surface area contributed by atoms with Gasteiger partial charge in [-0.2, -0.15) is 0 Å². The Kier molecular flexibility index (Phi) is 5.69. The van der Waals surface area contributed by atoms with Crippen LogP contribution in [0.25, 0.3) is 0 Å². The fourth-order valence-electron chi connectivity index (χ4n) is 1.68. The van der Waals surface area contributed by atoms with E-state index < -0.39 is 10.0 Å². The minimum absolute atomic E-state index is 0.00515. The van der Waals surface area contributed by atoms with Crippen molar-refractivity contribution >= 4 is 33.2 Å². The molecule has 0 bridgehead atoms. The molecule has 0 amide bonds. The van der Waals surface area contributed by atoms with E-state index in [1.807, 2.05) is 0 Å². The SMILES string of the molecule is O=S(=O)(NCCCOCC1CC1)c1cc(Cl)ccc1Cl. The third kappa shape index (κ3) is 4.90. The molecule has 0 atom stereocenters. The Morgan fingerprint density at radius 1 is 1.30 bits per heavy atom. The van der Waals surface area contributed by atoms with Gasteiger partial charge in [0, 0.05) is 24.8 Å². The summed E-state index contributed by atoms with van der Waals surface area (Å²) in [5.41, 5.74) is 0. The fraction of sp³-hybridized carbons (Fsp3) is 0.538. The number of halogens is 2. The zero-order chi connectivity index (χ0) is 14.6. The molecule has 0 aromatic heterocycles. The summed E-state index contributed by atoms with van der Waals surface area (Å²) in [6.45, 7) is 1.66. The minimum atomic E-state index is -3.63. The monoisotopic (exact) mass is 337 g/mol. The third-order valence-electron chi connectivity index (χ3n) is 2.99. The van der Waals surface area contributed by atoms with Crippen molar-refractivity contribution in [2.24, 2.45) is 5.92 Å². The quantitative estimate of drug-likeness (QED) is 0.741. The fourth-order valence-corrected chi connectivity index (χ4v) is 3.51. The summed E-state index contributed by atoms with van der Waals surface area (Å²) in [6, 6.07) is 4.36. The van der Waals surface area contributed by atoms with Crippen LogP contribution in [0.15, 0.2) is 23.1 Å². The number of nitrogens with one attached hydrogen (secondary N) is 1. The Morgan fingerprint density at radius 3 is 2.75 bits per heavy atom. The molecule has 1 saturated carbocycles. The molecule has 1 aromatic carbocycles. The van der Waals surface area contributed by atoms with Crippen LogP contribution in [-0.2, 0) is 14.8 Å². The molecule has 0 saturated heterocycles. The van der Waals surface area contributed by atoms with Gasteiger partial charge in [-0.1, -0.05) is 23.2 Å². The summed E-state index contributed by atoms with van der Waals surface area (Å²) >= 11 is 11.7. The zero-order valence-electron chi connectivity index (χ0n) is 10.9. The maximum absolute atomic E-state index is 12.1. The first kappa shape index (κ1) is 16.0. The van der Waals surface area contributed by atoms with Crippen LogP contribution in [0, 0.1) is 5.92 Å². The second-order valence-corrected chi connectivity index (χ2v) is 7.42. The summed E-state index contributed by atoms with van der Waals surface area (Å²) in [4.78, 5) is 0.00515. The van der Waals surface area contributed by atoms with E-state index in [0.29, 0.717) is 24.6 Å². The molecule has 7 heteroatoms. The number of benzene rings is 1. The first-order valence-corrected chi connectivity index (χ1v) is 8.75. The lowest BCUT2D eigenvalue weighted by Gasteiger charge is -2.09. The van der Waals surface area contributed by atoms with Crippen LogP contribution in [0.4, 0.5) is 0 Å². The second kappa shape index (κ2) is 7.09. The van der Waals surface area contributed by atoms with Gasteiger partial charge in [0.25, 0.3) is 0 Å². The highest BCUT2D eigenvalue weighted by Crippen LogP contribution is 2.28. The highest BCUT2D eigenvalue weighted by atomic mass is 35.5. The zero-order valence-corrected chi connectivity index (χ0v) is 13.3. The molecule has 0 unspecified atom stereocenters. The molecule has 0 heterocycles. The summed E-state index contributed by atoms with van der Waals surface area (Å²) in [6.07, 6.45) is 3.13.